The van der Waals surface area contributed by atoms with Crippen LogP contribution in [0.15, 0.2) is 0 Å². The molecular weight excluding hydrogens is 228 g/mol. The van der Waals surface area contributed by atoms with E-state index in [1.165, 1.54) is 0 Å². The molecule has 1 fully saturated rings. The lowest BCUT2D eigenvalue weighted by Gasteiger charge is -2.27. The minimum Gasteiger partial charge on any atom is -0.369 e. The highest BCUT2D eigenvalue weighted by atomic mass is 32.2. The lowest BCUT2D eigenvalue weighted by atomic mass is 9.92. The normalized spacial score (nSPS) is 25.2. The van der Waals surface area contributed by atoms with Crippen molar-refractivity contribution in [2.24, 2.45) is 11.1 Å². The minimum atomic E-state index is -2.90. The van der Waals surface area contributed by atoms with Crippen molar-refractivity contribution in [3.8, 4) is 0 Å². The van der Waals surface area contributed by atoms with E-state index in [9.17, 15) is 13.2 Å². The molecule has 0 aromatic heterocycles. The van der Waals surface area contributed by atoms with Crippen molar-refractivity contribution in [2.45, 2.75) is 32.7 Å². The van der Waals surface area contributed by atoms with Crippen molar-refractivity contribution in [1.82, 2.24) is 5.32 Å². The van der Waals surface area contributed by atoms with E-state index < -0.39 is 15.3 Å². The van der Waals surface area contributed by atoms with Crippen LogP contribution in [0, 0.1) is 5.41 Å². The second-order valence-electron chi connectivity index (χ2n) is 5.08. The van der Waals surface area contributed by atoms with Gasteiger partial charge >= 0.3 is 0 Å². The van der Waals surface area contributed by atoms with Crippen molar-refractivity contribution in [1.29, 1.82) is 0 Å². The molecule has 1 aliphatic rings. The van der Waals surface area contributed by atoms with Gasteiger partial charge in [0, 0.05) is 12.6 Å². The fourth-order valence-electron chi connectivity index (χ4n) is 1.67. The lowest BCUT2D eigenvalue weighted by molar-refractivity contribution is -0.125. The summed E-state index contributed by atoms with van der Waals surface area (Å²) in [6.07, 6.45) is 1.53. The maximum Gasteiger partial charge on any atom is 0.224 e. The van der Waals surface area contributed by atoms with Crippen LogP contribution in [-0.2, 0) is 14.6 Å². The van der Waals surface area contributed by atoms with E-state index in [-0.39, 0.29) is 23.5 Å². The third-order valence-electron chi connectivity index (χ3n) is 2.96. The van der Waals surface area contributed by atoms with E-state index in [2.05, 4.69) is 5.32 Å². The van der Waals surface area contributed by atoms with Gasteiger partial charge in [-0.05, 0) is 26.7 Å². The van der Waals surface area contributed by atoms with Gasteiger partial charge in [0.2, 0.25) is 5.91 Å². The van der Waals surface area contributed by atoms with Gasteiger partial charge in [0.15, 0.2) is 9.84 Å². The Labute approximate surface area is 96.7 Å². The number of nitrogens with two attached hydrogens (primary N) is 1. The molecule has 1 rings (SSSR count). The summed E-state index contributed by atoms with van der Waals surface area (Å²) in [6.45, 7) is 3.92. The molecule has 16 heavy (non-hydrogen) atoms. The van der Waals surface area contributed by atoms with Gasteiger partial charge in [0.1, 0.15) is 0 Å². The number of hydrogen-bond acceptors (Lipinski definition) is 4. The van der Waals surface area contributed by atoms with E-state index in [0.717, 1.165) is 6.42 Å². The summed E-state index contributed by atoms with van der Waals surface area (Å²) in [5, 5.41) is 3.12. The largest absolute Gasteiger partial charge is 0.369 e. The van der Waals surface area contributed by atoms with Crippen molar-refractivity contribution >= 4 is 15.7 Å². The smallest absolute Gasteiger partial charge is 0.224 e. The first kappa shape index (κ1) is 13.4. The van der Waals surface area contributed by atoms with Crippen LogP contribution in [0.4, 0.5) is 0 Å². The van der Waals surface area contributed by atoms with Crippen molar-refractivity contribution < 1.29 is 13.2 Å². The van der Waals surface area contributed by atoms with Crippen LogP contribution in [0.2, 0.25) is 0 Å². The molecule has 5 nitrogen and oxygen atoms in total. The molecule has 1 amide bonds. The molecule has 0 spiro atoms. The highest BCUT2D eigenvalue weighted by molar-refractivity contribution is 7.91. The molecule has 1 aliphatic heterocycles. The summed E-state index contributed by atoms with van der Waals surface area (Å²) in [4.78, 5) is 11.1. The average molecular weight is 248 g/mol. The first-order chi connectivity index (χ1) is 7.23. The fraction of sp³-hybridized carbons (Fsp3) is 0.900. The molecule has 1 unspecified atom stereocenters. The van der Waals surface area contributed by atoms with E-state index in [4.69, 9.17) is 5.73 Å². The Kier molecular flexibility index (Phi) is 3.96. The minimum absolute atomic E-state index is 0.0441. The molecule has 0 radical (unpaired) electrons. The summed E-state index contributed by atoms with van der Waals surface area (Å²) in [5.74, 6) is 0.0744. The zero-order valence-corrected chi connectivity index (χ0v) is 10.6. The Hall–Kier alpha value is -0.620. The number of primary amides is 1. The lowest BCUT2D eigenvalue weighted by Crippen LogP contribution is -2.47. The van der Waals surface area contributed by atoms with Crippen LogP contribution in [0.25, 0.3) is 0 Å². The van der Waals surface area contributed by atoms with Crippen LogP contribution in [0.3, 0.4) is 0 Å². The molecule has 0 aromatic carbocycles. The Bertz CT molecular complexity index is 362. The molecule has 1 saturated heterocycles. The predicted octanol–water partition coefficient (Wildman–Crippen LogP) is -0.335. The van der Waals surface area contributed by atoms with Crippen molar-refractivity contribution in [2.75, 3.05) is 18.1 Å². The Morgan fingerprint density at radius 1 is 1.50 bits per heavy atom. The Balaban J connectivity index is 2.47. The predicted molar refractivity (Wildman–Crippen MR) is 62.7 cm³/mol. The van der Waals surface area contributed by atoms with E-state index in [1.807, 2.05) is 0 Å². The van der Waals surface area contributed by atoms with Gasteiger partial charge in [0.25, 0.3) is 0 Å². The first-order valence-corrected chi connectivity index (χ1v) is 7.29. The first-order valence-electron chi connectivity index (χ1n) is 5.47. The number of rotatable bonds is 4. The van der Waals surface area contributed by atoms with Crippen LogP contribution in [0.5, 0.6) is 0 Å². The third kappa shape index (κ3) is 3.75. The maximum atomic E-state index is 11.4. The number of carbonyl (C=O) groups excluding carboxylic acids is 1. The van der Waals surface area contributed by atoms with Crippen molar-refractivity contribution in [3.05, 3.63) is 0 Å². The molecule has 6 heteroatoms. The highest BCUT2D eigenvalue weighted by Gasteiger charge is 2.29. The second-order valence-corrected chi connectivity index (χ2v) is 7.31. The fourth-order valence-corrected chi connectivity index (χ4v) is 3.34. The molecule has 94 valence electrons. The molecule has 3 N–H and O–H groups in total. The van der Waals surface area contributed by atoms with Gasteiger partial charge in [-0.1, -0.05) is 0 Å². The van der Waals surface area contributed by atoms with Gasteiger partial charge in [-0.25, -0.2) is 8.42 Å². The summed E-state index contributed by atoms with van der Waals surface area (Å²) >= 11 is 0. The summed E-state index contributed by atoms with van der Waals surface area (Å²) < 4.78 is 22.8. The molecule has 0 bridgehead atoms. The zero-order valence-electron chi connectivity index (χ0n) is 9.82. The standard InChI is InChI=1S/C10H20N2O3S/c1-10(2,9(11)13)7-12-8-4-3-5-16(14,15)6-8/h8,12H,3-7H2,1-2H3,(H2,11,13). The SMILES string of the molecule is CC(C)(CNC1CCCS(=O)(=O)C1)C(N)=O. The second kappa shape index (κ2) is 4.71. The molecular formula is C10H20N2O3S. The highest BCUT2D eigenvalue weighted by Crippen LogP contribution is 2.16. The summed E-state index contributed by atoms with van der Waals surface area (Å²) in [5.41, 5.74) is 4.60. The molecule has 0 aliphatic carbocycles. The van der Waals surface area contributed by atoms with Gasteiger partial charge in [-0.3, -0.25) is 4.79 Å². The molecule has 0 saturated carbocycles. The number of carbonyl (C=O) groups is 1. The molecule has 1 atom stereocenters. The van der Waals surface area contributed by atoms with Gasteiger partial charge < -0.3 is 11.1 Å². The average Bonchev–Trinajstić information content (AvgIpc) is 2.13. The number of amides is 1. The number of hydrogen-bond donors (Lipinski definition) is 2. The van der Waals surface area contributed by atoms with Crippen LogP contribution >= 0.6 is 0 Å². The Morgan fingerprint density at radius 3 is 2.62 bits per heavy atom. The zero-order chi connectivity index (χ0) is 12.4. The maximum absolute atomic E-state index is 11.4. The molecule has 0 aromatic rings. The third-order valence-corrected chi connectivity index (χ3v) is 4.78. The summed E-state index contributed by atoms with van der Waals surface area (Å²) in [6, 6.07) is -0.0441. The van der Waals surface area contributed by atoms with E-state index in [1.54, 1.807) is 13.8 Å². The number of nitrogens with one attached hydrogen (secondary N) is 1. The van der Waals surface area contributed by atoms with E-state index >= 15 is 0 Å². The quantitative estimate of drug-likeness (QED) is 0.712. The van der Waals surface area contributed by atoms with E-state index in [0.29, 0.717) is 13.0 Å². The summed E-state index contributed by atoms with van der Waals surface area (Å²) in [7, 11) is -2.90. The van der Waals surface area contributed by atoms with Gasteiger partial charge in [-0.2, -0.15) is 0 Å². The number of sulfone groups is 1. The van der Waals surface area contributed by atoms with Crippen LogP contribution in [-0.4, -0.2) is 38.4 Å². The monoisotopic (exact) mass is 248 g/mol. The van der Waals surface area contributed by atoms with Crippen molar-refractivity contribution in [3.63, 3.8) is 0 Å². The van der Waals surface area contributed by atoms with Gasteiger partial charge in [-0.15, -0.1) is 0 Å². The topological polar surface area (TPSA) is 89.3 Å². The van der Waals surface area contributed by atoms with Gasteiger partial charge in [0.05, 0.1) is 16.9 Å². The van der Waals surface area contributed by atoms with Crippen LogP contribution in [0.1, 0.15) is 26.7 Å². The Morgan fingerprint density at radius 2 is 2.12 bits per heavy atom. The van der Waals surface area contributed by atoms with Crippen LogP contribution < -0.4 is 11.1 Å². The molecule has 1 heterocycles.